The Morgan fingerprint density at radius 1 is 0.325 bits per heavy atom. The second-order valence-corrected chi connectivity index (χ2v) is 30.3. The van der Waals surface area contributed by atoms with Crippen molar-refractivity contribution in [2.45, 2.75) is 215 Å². The highest BCUT2D eigenvalue weighted by Gasteiger charge is 2.17. The summed E-state index contributed by atoms with van der Waals surface area (Å²) in [5.41, 5.74) is 13.6. The normalized spacial score (nSPS) is 10.6. The van der Waals surface area contributed by atoms with Crippen molar-refractivity contribution in [1.82, 2.24) is 4.98 Å². The third-order valence-electron chi connectivity index (χ3n) is 19.8. The molecule has 0 radical (unpaired) electrons. The van der Waals surface area contributed by atoms with E-state index in [1.54, 1.807) is 78.9 Å². The number of carboxylic acids is 5. The molecular formula is C100H120FNO14S. The van der Waals surface area contributed by atoms with E-state index in [-0.39, 0.29) is 16.7 Å². The molecule has 0 fully saturated rings. The number of aliphatic carboxylic acids is 1. The number of ketones is 1. The lowest BCUT2D eigenvalue weighted by Gasteiger charge is -2.08. The topological polar surface area (TPSA) is 244 Å². The second-order valence-electron chi connectivity index (χ2n) is 29.1. The van der Waals surface area contributed by atoms with Crippen molar-refractivity contribution in [2.75, 3.05) is 26.4 Å². The molecule has 5 N–H and O–H groups in total. The van der Waals surface area contributed by atoms with Crippen LogP contribution in [0.25, 0.3) is 55.1 Å². The minimum atomic E-state index is -1.42. The molecular weight excluding hydrogens is 1490 g/mol. The van der Waals surface area contributed by atoms with Gasteiger partial charge >= 0.3 is 29.8 Å². The lowest BCUT2D eigenvalue weighted by Crippen LogP contribution is -2.12. The van der Waals surface area contributed by atoms with Gasteiger partial charge in [0.15, 0.2) is 0 Å². The van der Waals surface area contributed by atoms with Gasteiger partial charge in [-0.2, -0.15) is 0 Å². The Balaban J connectivity index is 0.000000227. The number of thiazole rings is 1. The molecule has 0 aliphatic carbocycles. The number of rotatable bonds is 45. The number of carboxylic acid groups (broad SMARTS) is 5. The van der Waals surface area contributed by atoms with Crippen molar-refractivity contribution in [3.05, 3.63) is 268 Å². The van der Waals surface area contributed by atoms with Crippen LogP contribution in [0.4, 0.5) is 4.39 Å². The molecule has 622 valence electrons. The van der Waals surface area contributed by atoms with E-state index in [0.29, 0.717) is 35.8 Å². The Morgan fingerprint density at radius 2 is 0.650 bits per heavy atom. The minimum absolute atomic E-state index is 0.205. The van der Waals surface area contributed by atoms with Gasteiger partial charge < -0.3 is 39.7 Å². The molecule has 9 aromatic carbocycles. The fourth-order valence-electron chi connectivity index (χ4n) is 12.8. The van der Waals surface area contributed by atoms with E-state index in [4.69, 9.17) is 39.7 Å². The van der Waals surface area contributed by atoms with Gasteiger partial charge in [-0.1, -0.05) is 308 Å². The number of hydrogen-bond acceptors (Lipinski definition) is 11. The maximum absolute atomic E-state index is 13.8. The maximum Gasteiger partial charge on any atom is 0.377 e. The quantitative estimate of drug-likeness (QED) is 0.0135. The van der Waals surface area contributed by atoms with Crippen LogP contribution < -0.4 is 9.47 Å². The Kier molecular flexibility index (Phi) is 44.5. The van der Waals surface area contributed by atoms with E-state index in [2.05, 4.69) is 100 Å². The number of carbonyl (C=O) groups excluding carboxylic acids is 1. The second kappa shape index (κ2) is 54.9. The summed E-state index contributed by atoms with van der Waals surface area (Å²) in [4.78, 5) is 71.0. The Morgan fingerprint density at radius 3 is 1.00 bits per heavy atom. The summed E-state index contributed by atoms with van der Waals surface area (Å²) >= 11 is 1.53. The average molecular weight is 1610 g/mol. The molecule has 0 amide bonds. The zero-order valence-electron chi connectivity index (χ0n) is 69.3. The summed E-state index contributed by atoms with van der Waals surface area (Å²) in [5, 5.41) is 45.2. The molecule has 15 nitrogen and oxygen atoms in total. The first-order valence-electron chi connectivity index (χ1n) is 41.9. The summed E-state index contributed by atoms with van der Waals surface area (Å²) < 4.78 is 30.5. The van der Waals surface area contributed by atoms with Crippen LogP contribution in [-0.4, -0.2) is 92.6 Å². The number of aromatic carboxylic acids is 4. The molecule has 1 aromatic heterocycles. The largest absolute Gasteiger partial charge is 0.494 e. The third kappa shape index (κ3) is 35.6. The third-order valence-corrected chi connectivity index (χ3v) is 20.8. The van der Waals surface area contributed by atoms with E-state index in [0.717, 1.165) is 105 Å². The molecule has 10 rings (SSSR count). The van der Waals surface area contributed by atoms with Crippen LogP contribution in [0.5, 0.6) is 11.6 Å². The maximum atomic E-state index is 13.8. The van der Waals surface area contributed by atoms with E-state index in [9.17, 15) is 33.2 Å². The summed E-state index contributed by atoms with van der Waals surface area (Å²) in [6, 6.07) is 64.7. The number of benzene rings is 9. The van der Waals surface area contributed by atoms with Gasteiger partial charge in [-0.3, -0.25) is 4.79 Å². The number of nitrogens with zero attached hydrogens (tertiary/aromatic N) is 1. The first-order valence-corrected chi connectivity index (χ1v) is 42.7. The van der Waals surface area contributed by atoms with Crippen LogP contribution in [-0.2, 0) is 28.8 Å². The molecule has 0 aliphatic heterocycles. The van der Waals surface area contributed by atoms with Gasteiger partial charge in [-0.25, -0.2) is 33.3 Å². The van der Waals surface area contributed by atoms with E-state index in [1.165, 1.54) is 181 Å². The van der Waals surface area contributed by atoms with Gasteiger partial charge in [0.25, 0.3) is 5.78 Å². The highest BCUT2D eigenvalue weighted by atomic mass is 32.1. The molecule has 0 saturated heterocycles. The summed E-state index contributed by atoms with van der Waals surface area (Å²) in [7, 11) is 0. The number of hydrogen-bond donors (Lipinski definition) is 5. The van der Waals surface area contributed by atoms with Gasteiger partial charge in [0.1, 0.15) is 23.2 Å². The number of Topliss-reactive ketones (excluding diaryl/α,β-unsaturated/α-hetero) is 1. The fraction of sp³-hybridized carbons (Fsp3) is 0.370. The van der Waals surface area contributed by atoms with Crippen molar-refractivity contribution in [3.63, 3.8) is 0 Å². The van der Waals surface area contributed by atoms with Crippen LogP contribution in [0.1, 0.15) is 262 Å². The summed E-state index contributed by atoms with van der Waals surface area (Å²) in [6.45, 7) is 15.5. The Labute approximate surface area is 696 Å². The first-order chi connectivity index (χ1) is 56.7. The summed E-state index contributed by atoms with van der Waals surface area (Å²) in [6.07, 6.45) is 33.9. The predicted octanol–water partition coefficient (Wildman–Crippen LogP) is 26.6. The molecule has 0 spiro atoms. The fourth-order valence-corrected chi connectivity index (χ4v) is 13.7. The Hall–Kier alpha value is -10.9. The number of aromatic nitrogens is 1. The number of carbonyl (C=O) groups is 6. The molecule has 0 atom stereocenters. The highest BCUT2D eigenvalue weighted by molar-refractivity contribution is 7.15. The smallest absolute Gasteiger partial charge is 0.377 e. The van der Waals surface area contributed by atoms with Gasteiger partial charge in [0.2, 0.25) is 5.88 Å². The van der Waals surface area contributed by atoms with Gasteiger partial charge in [-0.15, -0.1) is 11.3 Å². The van der Waals surface area contributed by atoms with Crippen LogP contribution in [0.15, 0.2) is 212 Å². The SMILES string of the molecule is CCCCCCCCOc1ccc(-c2ccc(C(=O)O)cc2)cc1.CCCCCCCCc1ccc(-c2ccc(C(=O)C(=O)O)cc2)cc1.CCCCCCCCc1ccc(-c2ccc(C(=O)O)cc2)cc1.CCCCCCCc1ccc(-c2ccc(C(=O)O)c(F)c2)cc1.CCCOCCOc1nc(-c2ccc(C(=O)O)cc2)sc1C. The monoisotopic (exact) mass is 1610 g/mol. The number of unbranched alkanes of at least 4 members (excludes halogenated alkanes) is 19. The van der Waals surface area contributed by atoms with Crippen LogP contribution in [0, 0.1) is 12.7 Å². The standard InChI is InChI=1S/C22H26O3.C21H26O3.C21H26O2.C20H23FO2.C16H19NO4S/c1-2-3-4-5-6-7-8-17-9-11-18(12-10-17)19-13-15-20(16-14-19)21(23)22(24)25;1-2-3-4-5-6-7-16-24-20-14-12-18(13-15-20)17-8-10-19(11-9-17)21(22)23;1-2-3-4-5-6-7-8-17-9-11-18(12-10-17)19-13-15-20(16-14-19)21(22)23;1-2-3-4-5-6-7-15-8-10-16(11-9-15)17-12-13-18(20(22)23)19(21)14-17;1-3-8-20-9-10-21-14-11(2)22-15(17-14)12-4-6-13(7-5-12)16(18)19/h9-16H,2-8H2,1H3,(H,24,25);8-15H,2-7,16H2,1H3,(H,22,23);9-16H,2-8H2,1H3,(H,22,23);8-14H,2-7H2,1H3,(H,22,23);4-7H,3,8-10H2,1-2H3,(H,18,19). The highest BCUT2D eigenvalue weighted by Crippen LogP contribution is 2.33. The number of halogens is 1. The van der Waals surface area contributed by atoms with Crippen molar-refractivity contribution in [2.24, 2.45) is 0 Å². The molecule has 0 unspecified atom stereocenters. The van der Waals surface area contributed by atoms with Crippen molar-refractivity contribution < 1.29 is 72.9 Å². The predicted molar refractivity (Wildman–Crippen MR) is 472 cm³/mol. The molecule has 0 saturated carbocycles. The lowest BCUT2D eigenvalue weighted by molar-refractivity contribution is -0.131. The van der Waals surface area contributed by atoms with Gasteiger partial charge in [-0.05, 0) is 180 Å². The van der Waals surface area contributed by atoms with Gasteiger partial charge in [0, 0.05) is 17.7 Å². The molecule has 10 aromatic rings. The molecule has 1 heterocycles. The first kappa shape index (κ1) is 95.0. The van der Waals surface area contributed by atoms with Crippen LogP contribution in [0.3, 0.4) is 0 Å². The lowest BCUT2D eigenvalue weighted by atomic mass is 9.99. The van der Waals surface area contributed by atoms with E-state index < -0.39 is 41.4 Å². The van der Waals surface area contributed by atoms with E-state index >= 15 is 0 Å². The van der Waals surface area contributed by atoms with Crippen LogP contribution >= 0.6 is 11.3 Å². The Bertz CT molecular complexity index is 4520. The van der Waals surface area contributed by atoms with Crippen molar-refractivity contribution >= 4 is 47.0 Å². The summed E-state index contributed by atoms with van der Waals surface area (Å²) in [5.74, 6) is -5.46. The molecule has 117 heavy (non-hydrogen) atoms. The van der Waals surface area contributed by atoms with E-state index in [1.807, 2.05) is 67.6 Å². The van der Waals surface area contributed by atoms with Gasteiger partial charge in [0.05, 0.1) is 40.3 Å². The number of aryl methyl sites for hydroxylation is 4. The minimum Gasteiger partial charge on any atom is -0.494 e. The van der Waals surface area contributed by atoms with Crippen molar-refractivity contribution in [1.29, 1.82) is 0 Å². The van der Waals surface area contributed by atoms with Crippen LogP contribution in [0.2, 0.25) is 0 Å². The average Bonchev–Trinajstić information content (AvgIpc) is 1.74. The molecule has 0 bridgehead atoms. The molecule has 0 aliphatic rings. The zero-order chi connectivity index (χ0) is 84.4. The zero-order valence-corrected chi connectivity index (χ0v) is 70.1. The molecule has 17 heteroatoms. The number of ether oxygens (including phenoxy) is 3. The van der Waals surface area contributed by atoms with Crippen molar-refractivity contribution in [3.8, 4) is 66.7 Å².